The Labute approximate surface area is 111 Å². The van der Waals surface area contributed by atoms with Crippen molar-refractivity contribution in [3.05, 3.63) is 30.0 Å². The maximum atomic E-state index is 11.3. The number of anilines is 1. The van der Waals surface area contributed by atoms with Crippen LogP contribution in [0, 0.1) is 0 Å². The van der Waals surface area contributed by atoms with Crippen LogP contribution in [0.25, 0.3) is 10.9 Å². The van der Waals surface area contributed by atoms with Crippen molar-refractivity contribution in [3.8, 4) is 0 Å². The van der Waals surface area contributed by atoms with Gasteiger partial charge in [0, 0.05) is 10.9 Å². The lowest BCUT2D eigenvalue weighted by atomic mass is 10.0. The van der Waals surface area contributed by atoms with Gasteiger partial charge in [-0.05, 0) is 26.3 Å². The van der Waals surface area contributed by atoms with E-state index >= 15 is 0 Å². The number of nitrogens with zero attached hydrogens (tertiary/aromatic N) is 2. The minimum atomic E-state index is -1.08. The van der Waals surface area contributed by atoms with Crippen molar-refractivity contribution in [3.63, 3.8) is 0 Å². The van der Waals surface area contributed by atoms with Gasteiger partial charge in [0.15, 0.2) is 5.69 Å². The number of carboxylic acid groups (broad SMARTS) is 1. The Hall–Kier alpha value is -2.17. The molecule has 2 aromatic rings. The number of hydrogen-bond acceptors (Lipinski definition) is 4. The molecule has 2 N–H and O–H groups in total. The van der Waals surface area contributed by atoms with E-state index in [1.54, 1.807) is 0 Å². The lowest BCUT2D eigenvalue weighted by Gasteiger charge is -2.27. The molecular weight excluding hydrogens is 242 g/mol. The molecule has 0 saturated carbocycles. The third-order valence-corrected chi connectivity index (χ3v) is 3.22. The van der Waals surface area contributed by atoms with Crippen molar-refractivity contribution in [2.24, 2.45) is 0 Å². The number of rotatable bonds is 4. The highest BCUT2D eigenvalue weighted by atomic mass is 16.4. The first-order chi connectivity index (χ1) is 8.94. The highest BCUT2D eigenvalue weighted by Gasteiger charge is 2.22. The van der Waals surface area contributed by atoms with E-state index < -0.39 is 5.97 Å². The number of fused-ring (bicyclic) bond motifs is 1. The highest BCUT2D eigenvalue weighted by Crippen LogP contribution is 2.28. The molecule has 0 fully saturated rings. The summed E-state index contributed by atoms with van der Waals surface area (Å²) in [5.74, 6) is -1.08. The molecule has 0 spiro atoms. The quantitative estimate of drug-likeness (QED) is 0.883. The number of hydrogen-bond donors (Lipinski definition) is 2. The number of nitrogens with one attached hydrogen (secondary N) is 1. The summed E-state index contributed by atoms with van der Waals surface area (Å²) in [5.41, 5.74) is 0.961. The third kappa shape index (κ3) is 2.65. The summed E-state index contributed by atoms with van der Waals surface area (Å²) in [4.78, 5) is 11.3. The zero-order valence-electron chi connectivity index (χ0n) is 11.3. The van der Waals surface area contributed by atoms with E-state index in [4.69, 9.17) is 0 Å². The van der Waals surface area contributed by atoms with Gasteiger partial charge >= 0.3 is 5.97 Å². The van der Waals surface area contributed by atoms with Crippen LogP contribution in [0.1, 0.15) is 37.7 Å². The van der Waals surface area contributed by atoms with Crippen molar-refractivity contribution in [1.29, 1.82) is 0 Å². The molecule has 1 aromatic carbocycles. The van der Waals surface area contributed by atoms with Gasteiger partial charge in [0.05, 0.1) is 11.2 Å². The Balaban J connectivity index is 2.66. The molecule has 0 aliphatic rings. The fourth-order valence-electron chi connectivity index (χ4n) is 1.76. The monoisotopic (exact) mass is 259 g/mol. The Morgan fingerprint density at radius 2 is 2.00 bits per heavy atom. The topological polar surface area (TPSA) is 75.1 Å². The van der Waals surface area contributed by atoms with Crippen molar-refractivity contribution < 1.29 is 9.90 Å². The fourth-order valence-corrected chi connectivity index (χ4v) is 1.76. The number of aromatic carboxylic acids is 1. The fraction of sp³-hybridized carbons (Fsp3) is 0.357. The van der Waals surface area contributed by atoms with Crippen LogP contribution in [0.5, 0.6) is 0 Å². The number of aromatic nitrogens is 2. The molecule has 0 aliphatic heterocycles. The lowest BCUT2D eigenvalue weighted by molar-refractivity contribution is 0.0690. The molecule has 0 aliphatic carbocycles. The molecule has 5 nitrogen and oxygen atoms in total. The van der Waals surface area contributed by atoms with Gasteiger partial charge in [-0.1, -0.05) is 25.1 Å². The summed E-state index contributed by atoms with van der Waals surface area (Å²) in [7, 11) is 0. The highest BCUT2D eigenvalue weighted by molar-refractivity contribution is 6.02. The van der Waals surface area contributed by atoms with Crippen LogP contribution in [-0.2, 0) is 0 Å². The Morgan fingerprint density at radius 1 is 1.32 bits per heavy atom. The van der Waals surface area contributed by atoms with E-state index in [-0.39, 0.29) is 11.2 Å². The van der Waals surface area contributed by atoms with Crippen molar-refractivity contribution >= 4 is 22.6 Å². The zero-order chi connectivity index (χ0) is 14.0. The second kappa shape index (κ2) is 4.84. The Morgan fingerprint density at radius 3 is 2.63 bits per heavy atom. The normalized spacial score (nSPS) is 11.5. The SMILES string of the molecule is CCC(C)(C)Nc1c(C(=O)O)nnc2ccccc12. The Kier molecular flexibility index (Phi) is 3.38. The second-order valence-corrected chi connectivity index (χ2v) is 5.11. The van der Waals surface area contributed by atoms with Crippen LogP contribution >= 0.6 is 0 Å². The van der Waals surface area contributed by atoms with E-state index in [2.05, 4.69) is 15.5 Å². The predicted molar refractivity (Wildman–Crippen MR) is 74.5 cm³/mol. The molecule has 1 aromatic heterocycles. The van der Waals surface area contributed by atoms with Crippen LogP contribution in [0.4, 0.5) is 5.69 Å². The minimum Gasteiger partial charge on any atom is -0.476 e. The average Bonchev–Trinajstić information content (AvgIpc) is 2.38. The van der Waals surface area contributed by atoms with Crippen LogP contribution in [0.3, 0.4) is 0 Å². The maximum absolute atomic E-state index is 11.3. The summed E-state index contributed by atoms with van der Waals surface area (Å²) >= 11 is 0. The average molecular weight is 259 g/mol. The molecule has 0 unspecified atom stereocenters. The number of carboxylic acids is 1. The largest absolute Gasteiger partial charge is 0.476 e. The van der Waals surface area contributed by atoms with Crippen molar-refractivity contribution in [2.45, 2.75) is 32.7 Å². The standard InChI is InChI=1S/C14H17N3O2/c1-4-14(2,3)15-11-9-7-5-6-8-10(9)16-17-12(11)13(18)19/h5-8H,4H2,1-3H3,(H,15,16)(H,18,19). The molecular formula is C14H17N3O2. The molecule has 0 amide bonds. The van der Waals surface area contributed by atoms with Crippen LogP contribution in [0.2, 0.25) is 0 Å². The first kappa shape index (κ1) is 13.3. The lowest BCUT2D eigenvalue weighted by Crippen LogP contribution is -2.31. The zero-order valence-corrected chi connectivity index (χ0v) is 11.3. The molecule has 5 heteroatoms. The summed E-state index contributed by atoms with van der Waals surface area (Å²) in [6.07, 6.45) is 0.864. The summed E-state index contributed by atoms with van der Waals surface area (Å²) in [6.45, 7) is 6.09. The Bertz CT molecular complexity index is 623. The number of carbonyl (C=O) groups is 1. The van der Waals surface area contributed by atoms with E-state index in [9.17, 15) is 9.90 Å². The molecule has 0 radical (unpaired) electrons. The molecule has 0 atom stereocenters. The van der Waals surface area contributed by atoms with E-state index in [1.807, 2.05) is 45.0 Å². The van der Waals surface area contributed by atoms with Crippen molar-refractivity contribution in [2.75, 3.05) is 5.32 Å². The second-order valence-electron chi connectivity index (χ2n) is 5.11. The van der Waals surface area contributed by atoms with E-state index in [0.717, 1.165) is 11.8 Å². The first-order valence-electron chi connectivity index (χ1n) is 6.21. The first-order valence-corrected chi connectivity index (χ1v) is 6.21. The van der Waals surface area contributed by atoms with Crippen molar-refractivity contribution in [1.82, 2.24) is 10.2 Å². The maximum Gasteiger partial charge on any atom is 0.358 e. The summed E-state index contributed by atoms with van der Waals surface area (Å²) in [6, 6.07) is 7.38. The van der Waals surface area contributed by atoms with Crippen LogP contribution in [-0.4, -0.2) is 26.8 Å². The molecule has 0 bridgehead atoms. The van der Waals surface area contributed by atoms with Crippen LogP contribution < -0.4 is 5.32 Å². The van der Waals surface area contributed by atoms with E-state index in [0.29, 0.717) is 11.2 Å². The van der Waals surface area contributed by atoms with Gasteiger partial charge in [-0.25, -0.2) is 4.79 Å². The van der Waals surface area contributed by atoms with Gasteiger partial charge in [-0.3, -0.25) is 0 Å². The van der Waals surface area contributed by atoms with E-state index in [1.165, 1.54) is 0 Å². The summed E-state index contributed by atoms with van der Waals surface area (Å²) in [5, 5.41) is 21.1. The molecule has 100 valence electrons. The number of benzene rings is 1. The van der Waals surface area contributed by atoms with Gasteiger partial charge < -0.3 is 10.4 Å². The minimum absolute atomic E-state index is 0.0415. The summed E-state index contributed by atoms with van der Waals surface area (Å²) < 4.78 is 0. The van der Waals surface area contributed by atoms with Gasteiger partial charge in [-0.2, -0.15) is 0 Å². The van der Waals surface area contributed by atoms with Gasteiger partial charge in [0.2, 0.25) is 0 Å². The molecule has 2 rings (SSSR count). The van der Waals surface area contributed by atoms with Gasteiger partial charge in [-0.15, -0.1) is 10.2 Å². The third-order valence-electron chi connectivity index (χ3n) is 3.22. The molecule has 19 heavy (non-hydrogen) atoms. The molecule has 1 heterocycles. The smallest absolute Gasteiger partial charge is 0.358 e. The van der Waals surface area contributed by atoms with Crippen LogP contribution in [0.15, 0.2) is 24.3 Å². The molecule has 0 saturated heterocycles. The van der Waals surface area contributed by atoms with Gasteiger partial charge in [0.25, 0.3) is 0 Å². The van der Waals surface area contributed by atoms with Gasteiger partial charge in [0.1, 0.15) is 0 Å². The predicted octanol–water partition coefficient (Wildman–Crippen LogP) is 2.93.